The number of benzene rings is 1. The number of carbonyl (C=O) groups excluding carboxylic acids is 1. The molecule has 0 bridgehead atoms. The molecule has 1 aromatic rings. The summed E-state index contributed by atoms with van der Waals surface area (Å²) in [7, 11) is 0. The maximum absolute atomic E-state index is 11.1. The van der Waals surface area contributed by atoms with E-state index in [0.717, 1.165) is 17.1 Å². The highest BCUT2D eigenvalue weighted by molar-refractivity contribution is 7.99. The lowest BCUT2D eigenvalue weighted by Gasteiger charge is -2.07. The summed E-state index contributed by atoms with van der Waals surface area (Å²) in [5.74, 6) is 1.17. The lowest BCUT2D eigenvalue weighted by atomic mass is 10.3. The molecule has 0 heterocycles. The van der Waals surface area contributed by atoms with Crippen LogP contribution >= 0.6 is 23.4 Å². The summed E-state index contributed by atoms with van der Waals surface area (Å²) in [5, 5.41) is 0.605. The molecule has 1 aromatic carbocycles. The van der Waals surface area contributed by atoms with Crippen molar-refractivity contribution in [3.8, 4) is 5.75 Å². The average molecular weight is 274 g/mol. The molecule has 1 rings (SSSR count). The van der Waals surface area contributed by atoms with E-state index in [-0.39, 0.29) is 5.97 Å². The molecule has 0 spiro atoms. The summed E-state index contributed by atoms with van der Waals surface area (Å²) in [6.07, 6.45) is 1.30. The summed E-state index contributed by atoms with van der Waals surface area (Å²) in [6, 6.07) is 5.28. The largest absolute Gasteiger partial charge is 0.426 e. The van der Waals surface area contributed by atoms with E-state index in [1.807, 2.05) is 6.07 Å². The second-order valence-electron chi connectivity index (χ2n) is 3.41. The number of thioether (sulfide) groups is 1. The van der Waals surface area contributed by atoms with Gasteiger partial charge in [-0.2, -0.15) is 0 Å². The smallest absolute Gasteiger partial charge is 0.310 e. The van der Waals surface area contributed by atoms with Crippen molar-refractivity contribution in [3.05, 3.63) is 23.2 Å². The van der Waals surface area contributed by atoms with Gasteiger partial charge in [-0.05, 0) is 30.9 Å². The zero-order valence-electron chi connectivity index (χ0n) is 9.74. The molecule has 0 unspecified atom stereocenters. The topological polar surface area (TPSA) is 52.3 Å². The maximum Gasteiger partial charge on any atom is 0.310 e. The molecule has 5 heteroatoms. The van der Waals surface area contributed by atoms with Gasteiger partial charge in [-0.15, -0.1) is 11.8 Å². The van der Waals surface area contributed by atoms with Gasteiger partial charge in [0.05, 0.1) is 5.02 Å². The summed E-state index contributed by atoms with van der Waals surface area (Å²) in [5.41, 5.74) is 5.42. The third-order valence-corrected chi connectivity index (χ3v) is 3.61. The molecule has 2 N–H and O–H groups in total. The van der Waals surface area contributed by atoms with E-state index >= 15 is 0 Å². The highest BCUT2D eigenvalue weighted by Crippen LogP contribution is 2.30. The first-order valence-electron chi connectivity index (χ1n) is 5.50. The van der Waals surface area contributed by atoms with Gasteiger partial charge in [-0.25, -0.2) is 0 Å². The minimum absolute atomic E-state index is 0.260. The van der Waals surface area contributed by atoms with Crippen LogP contribution in [0, 0.1) is 0 Å². The molecule has 17 heavy (non-hydrogen) atoms. The second kappa shape index (κ2) is 7.58. The first kappa shape index (κ1) is 14.4. The van der Waals surface area contributed by atoms with Crippen LogP contribution in [0.3, 0.4) is 0 Å². The number of esters is 1. The lowest BCUT2D eigenvalue weighted by Crippen LogP contribution is -2.05. The molecule has 0 saturated heterocycles. The molecule has 0 radical (unpaired) electrons. The van der Waals surface area contributed by atoms with Crippen LogP contribution in [0.15, 0.2) is 23.1 Å². The quantitative estimate of drug-likeness (QED) is 0.375. The number of rotatable bonds is 6. The maximum atomic E-state index is 11.1. The molecule has 0 aliphatic heterocycles. The van der Waals surface area contributed by atoms with Crippen LogP contribution in [-0.2, 0) is 4.79 Å². The Bertz CT molecular complexity index is 385. The Morgan fingerprint density at radius 2 is 2.29 bits per heavy atom. The fourth-order valence-corrected chi connectivity index (χ4v) is 2.36. The van der Waals surface area contributed by atoms with Crippen molar-refractivity contribution in [2.24, 2.45) is 5.73 Å². The van der Waals surface area contributed by atoms with Crippen molar-refractivity contribution in [1.82, 2.24) is 0 Å². The third-order valence-electron chi connectivity index (χ3n) is 2.03. The van der Waals surface area contributed by atoms with Gasteiger partial charge >= 0.3 is 5.97 Å². The zero-order chi connectivity index (χ0) is 12.7. The fourth-order valence-electron chi connectivity index (χ4n) is 1.13. The molecule has 0 fully saturated rings. The Labute approximate surface area is 111 Å². The molecule has 0 atom stereocenters. The number of ether oxygens (including phenoxy) is 1. The van der Waals surface area contributed by atoms with Crippen LogP contribution in [-0.4, -0.2) is 18.3 Å². The normalized spacial score (nSPS) is 10.3. The Hall–Kier alpha value is -0.710. The van der Waals surface area contributed by atoms with E-state index in [1.165, 1.54) is 0 Å². The van der Waals surface area contributed by atoms with Crippen molar-refractivity contribution in [1.29, 1.82) is 0 Å². The van der Waals surface area contributed by atoms with E-state index in [4.69, 9.17) is 22.1 Å². The molecular weight excluding hydrogens is 258 g/mol. The highest BCUT2D eigenvalue weighted by atomic mass is 35.5. The summed E-state index contributed by atoms with van der Waals surface area (Å²) in [4.78, 5) is 12.1. The van der Waals surface area contributed by atoms with Gasteiger partial charge in [0.25, 0.3) is 0 Å². The molecule has 0 aliphatic rings. The van der Waals surface area contributed by atoms with Gasteiger partial charge in [-0.3, -0.25) is 4.79 Å². The minimum atomic E-state index is -0.260. The van der Waals surface area contributed by atoms with Crippen molar-refractivity contribution in [2.75, 3.05) is 12.3 Å². The van der Waals surface area contributed by atoms with E-state index < -0.39 is 0 Å². The Morgan fingerprint density at radius 1 is 1.53 bits per heavy atom. The van der Waals surface area contributed by atoms with E-state index in [1.54, 1.807) is 30.8 Å². The average Bonchev–Trinajstić information content (AvgIpc) is 2.32. The van der Waals surface area contributed by atoms with E-state index in [2.05, 4.69) is 0 Å². The predicted molar refractivity (Wildman–Crippen MR) is 71.8 cm³/mol. The number of nitrogens with two attached hydrogens (primary N) is 1. The standard InChI is InChI=1S/C12H16ClNO2S/c1-2-12(15)16-9-4-5-11(10(13)8-9)17-7-3-6-14/h4-5,8H,2-3,6-7,14H2,1H3. The number of hydrogen-bond donors (Lipinski definition) is 1. The summed E-state index contributed by atoms with van der Waals surface area (Å²) >= 11 is 7.74. The SMILES string of the molecule is CCC(=O)Oc1ccc(SCCCN)c(Cl)c1. The molecular formula is C12H16ClNO2S. The van der Waals surface area contributed by atoms with Crippen LogP contribution in [0.1, 0.15) is 19.8 Å². The highest BCUT2D eigenvalue weighted by Gasteiger charge is 2.06. The minimum Gasteiger partial charge on any atom is -0.426 e. The first-order chi connectivity index (χ1) is 8.17. The molecule has 0 saturated carbocycles. The first-order valence-corrected chi connectivity index (χ1v) is 6.86. The second-order valence-corrected chi connectivity index (χ2v) is 4.95. The molecule has 94 valence electrons. The molecule has 0 amide bonds. The fraction of sp³-hybridized carbons (Fsp3) is 0.417. The van der Waals surface area contributed by atoms with Crippen LogP contribution < -0.4 is 10.5 Å². The predicted octanol–water partition coefficient (Wildman–Crippen LogP) is 3.10. The van der Waals surface area contributed by atoms with Gasteiger partial charge in [0, 0.05) is 17.4 Å². The van der Waals surface area contributed by atoms with Gasteiger partial charge < -0.3 is 10.5 Å². The van der Waals surface area contributed by atoms with Crippen LogP contribution in [0.2, 0.25) is 5.02 Å². The van der Waals surface area contributed by atoms with E-state index in [0.29, 0.717) is 23.7 Å². The lowest BCUT2D eigenvalue weighted by molar-refractivity contribution is -0.134. The van der Waals surface area contributed by atoms with Crippen LogP contribution in [0.5, 0.6) is 5.75 Å². The van der Waals surface area contributed by atoms with Crippen molar-refractivity contribution in [3.63, 3.8) is 0 Å². The number of carbonyl (C=O) groups is 1. The zero-order valence-corrected chi connectivity index (χ0v) is 11.3. The van der Waals surface area contributed by atoms with Gasteiger partial charge in [0.15, 0.2) is 0 Å². The molecule has 0 aromatic heterocycles. The number of hydrogen-bond acceptors (Lipinski definition) is 4. The number of halogens is 1. The Morgan fingerprint density at radius 3 is 2.88 bits per heavy atom. The van der Waals surface area contributed by atoms with Gasteiger partial charge in [0.1, 0.15) is 5.75 Å². The van der Waals surface area contributed by atoms with Gasteiger partial charge in [0.2, 0.25) is 0 Å². The summed E-state index contributed by atoms with van der Waals surface area (Å²) < 4.78 is 5.07. The van der Waals surface area contributed by atoms with Crippen molar-refractivity contribution in [2.45, 2.75) is 24.7 Å². The van der Waals surface area contributed by atoms with E-state index in [9.17, 15) is 4.79 Å². The van der Waals surface area contributed by atoms with Crippen molar-refractivity contribution >= 4 is 29.3 Å². The molecule has 3 nitrogen and oxygen atoms in total. The van der Waals surface area contributed by atoms with Gasteiger partial charge in [-0.1, -0.05) is 18.5 Å². The summed E-state index contributed by atoms with van der Waals surface area (Å²) in [6.45, 7) is 2.43. The Balaban J connectivity index is 2.62. The molecule has 0 aliphatic carbocycles. The van der Waals surface area contributed by atoms with Crippen molar-refractivity contribution < 1.29 is 9.53 Å². The Kier molecular flexibility index (Phi) is 6.40. The van der Waals surface area contributed by atoms with Crippen LogP contribution in [0.4, 0.5) is 0 Å². The monoisotopic (exact) mass is 273 g/mol. The third kappa shape index (κ3) is 4.98. The van der Waals surface area contributed by atoms with Crippen LogP contribution in [0.25, 0.3) is 0 Å².